The Morgan fingerprint density at radius 2 is 2.24 bits per heavy atom. The molecule has 0 bridgehead atoms. The van der Waals surface area contributed by atoms with Crippen LogP contribution in [-0.4, -0.2) is 16.9 Å². The number of amides is 1. The van der Waals surface area contributed by atoms with E-state index >= 15 is 0 Å². The summed E-state index contributed by atoms with van der Waals surface area (Å²) in [5.74, 6) is -0.108. The van der Waals surface area contributed by atoms with Gasteiger partial charge in [0.1, 0.15) is 0 Å². The van der Waals surface area contributed by atoms with Crippen LogP contribution in [0.3, 0.4) is 0 Å². The predicted molar refractivity (Wildman–Crippen MR) is 70.5 cm³/mol. The molecule has 17 heavy (non-hydrogen) atoms. The number of halogens is 1. The molecule has 3 nitrogen and oxygen atoms in total. The van der Waals surface area contributed by atoms with Gasteiger partial charge in [-0.25, -0.2) is 4.98 Å². The number of hydrogen-bond donors (Lipinski definition) is 1. The maximum absolute atomic E-state index is 11.9. The number of nitrogens with one attached hydrogen (secondary N) is 1. The molecule has 1 aromatic heterocycles. The summed E-state index contributed by atoms with van der Waals surface area (Å²) in [4.78, 5) is 16.2. The highest BCUT2D eigenvalue weighted by Crippen LogP contribution is 2.24. The largest absolute Gasteiger partial charge is 0.352 e. The van der Waals surface area contributed by atoms with Crippen LogP contribution in [0, 0.1) is 6.92 Å². The number of aromatic nitrogens is 1. The van der Waals surface area contributed by atoms with E-state index in [0.29, 0.717) is 11.7 Å². The van der Waals surface area contributed by atoms with Crippen molar-refractivity contribution in [2.24, 2.45) is 0 Å². The summed E-state index contributed by atoms with van der Waals surface area (Å²) in [6.07, 6.45) is 5.83. The molecule has 5 heteroatoms. The second kappa shape index (κ2) is 5.83. The van der Waals surface area contributed by atoms with Gasteiger partial charge < -0.3 is 5.32 Å². The molecule has 1 fully saturated rings. The maximum Gasteiger partial charge on any atom is 0.244 e. The molecule has 1 aliphatic carbocycles. The highest BCUT2D eigenvalue weighted by Gasteiger charge is 2.23. The zero-order valence-electron chi connectivity index (χ0n) is 9.91. The van der Waals surface area contributed by atoms with Crippen molar-refractivity contribution >= 4 is 28.8 Å². The number of alkyl halides is 1. The first kappa shape index (κ1) is 12.8. The number of thiazole rings is 1. The van der Waals surface area contributed by atoms with E-state index < -0.39 is 5.38 Å². The van der Waals surface area contributed by atoms with Gasteiger partial charge in [-0.15, -0.1) is 22.9 Å². The third kappa shape index (κ3) is 3.42. The number of carbonyl (C=O) groups excluding carboxylic acids is 1. The molecule has 0 aliphatic heterocycles. The Balaban J connectivity index is 1.90. The van der Waals surface area contributed by atoms with E-state index in [9.17, 15) is 4.79 Å². The Bertz CT molecular complexity index is 388. The van der Waals surface area contributed by atoms with Crippen molar-refractivity contribution < 1.29 is 4.79 Å². The summed E-state index contributed by atoms with van der Waals surface area (Å²) in [6, 6.07) is 0.303. The third-order valence-corrected chi connectivity index (χ3v) is 4.29. The molecular formula is C12H17ClN2OS. The second-order valence-corrected chi connectivity index (χ2v) is 6.00. The SMILES string of the molecule is Cc1nc(C(Cl)C(=O)NC2CCCCC2)cs1. The summed E-state index contributed by atoms with van der Waals surface area (Å²) in [5.41, 5.74) is 0.669. The van der Waals surface area contributed by atoms with Gasteiger partial charge in [0.15, 0.2) is 5.38 Å². The van der Waals surface area contributed by atoms with Crippen molar-refractivity contribution in [3.05, 3.63) is 16.1 Å². The Kier molecular flexibility index (Phi) is 4.40. The lowest BCUT2D eigenvalue weighted by atomic mass is 9.95. The minimum atomic E-state index is -0.651. The average Bonchev–Trinajstić information content (AvgIpc) is 2.76. The Morgan fingerprint density at radius 1 is 1.53 bits per heavy atom. The smallest absolute Gasteiger partial charge is 0.244 e. The first-order chi connectivity index (χ1) is 8.16. The molecule has 1 aromatic rings. The molecule has 2 rings (SSSR count). The van der Waals surface area contributed by atoms with Gasteiger partial charge in [0.2, 0.25) is 5.91 Å². The zero-order valence-corrected chi connectivity index (χ0v) is 11.5. The van der Waals surface area contributed by atoms with E-state index in [0.717, 1.165) is 17.8 Å². The minimum Gasteiger partial charge on any atom is -0.352 e. The van der Waals surface area contributed by atoms with Gasteiger partial charge in [0.25, 0.3) is 0 Å². The lowest BCUT2D eigenvalue weighted by Crippen LogP contribution is -2.38. The monoisotopic (exact) mass is 272 g/mol. The fourth-order valence-corrected chi connectivity index (χ4v) is 3.04. The van der Waals surface area contributed by atoms with Crippen molar-refractivity contribution in [1.29, 1.82) is 0 Å². The van der Waals surface area contributed by atoms with E-state index in [1.807, 2.05) is 12.3 Å². The van der Waals surface area contributed by atoms with E-state index in [2.05, 4.69) is 10.3 Å². The molecule has 1 saturated carbocycles. The molecule has 0 radical (unpaired) electrons. The Labute approximate surface area is 111 Å². The topological polar surface area (TPSA) is 42.0 Å². The van der Waals surface area contributed by atoms with Crippen LogP contribution in [0.5, 0.6) is 0 Å². The first-order valence-corrected chi connectivity index (χ1v) is 7.35. The summed E-state index contributed by atoms with van der Waals surface area (Å²) in [5, 5.41) is 5.16. The number of carbonyl (C=O) groups is 1. The van der Waals surface area contributed by atoms with Gasteiger partial charge in [-0.2, -0.15) is 0 Å². The molecular weight excluding hydrogens is 256 g/mol. The van der Waals surface area contributed by atoms with Crippen LogP contribution < -0.4 is 5.32 Å². The predicted octanol–water partition coefficient (Wildman–Crippen LogP) is 3.18. The number of nitrogens with zero attached hydrogens (tertiary/aromatic N) is 1. The molecule has 1 aliphatic rings. The van der Waals surface area contributed by atoms with Gasteiger partial charge in [-0.3, -0.25) is 4.79 Å². The normalized spacial score (nSPS) is 18.9. The molecule has 0 aromatic carbocycles. The molecule has 94 valence electrons. The summed E-state index contributed by atoms with van der Waals surface area (Å²) < 4.78 is 0. The van der Waals surface area contributed by atoms with Gasteiger partial charge in [-0.1, -0.05) is 19.3 Å². The molecule has 1 N–H and O–H groups in total. The van der Waals surface area contributed by atoms with Crippen molar-refractivity contribution in [3.63, 3.8) is 0 Å². The van der Waals surface area contributed by atoms with Crippen LogP contribution in [0.2, 0.25) is 0 Å². The van der Waals surface area contributed by atoms with Crippen LogP contribution >= 0.6 is 22.9 Å². The van der Waals surface area contributed by atoms with Crippen molar-refractivity contribution in [2.75, 3.05) is 0 Å². The van der Waals surface area contributed by atoms with Crippen LogP contribution in [0.1, 0.15) is 48.2 Å². The van der Waals surface area contributed by atoms with Crippen molar-refractivity contribution in [3.8, 4) is 0 Å². The summed E-state index contributed by atoms with van der Waals surface area (Å²) in [7, 11) is 0. The van der Waals surface area contributed by atoms with E-state index in [1.54, 1.807) is 0 Å². The first-order valence-electron chi connectivity index (χ1n) is 6.03. The number of aryl methyl sites for hydroxylation is 1. The molecule has 0 saturated heterocycles. The van der Waals surface area contributed by atoms with Gasteiger partial charge in [0, 0.05) is 11.4 Å². The lowest BCUT2D eigenvalue weighted by Gasteiger charge is -2.23. The van der Waals surface area contributed by atoms with Gasteiger partial charge >= 0.3 is 0 Å². The van der Waals surface area contributed by atoms with E-state index in [1.165, 1.54) is 30.6 Å². The molecule has 1 heterocycles. The highest BCUT2D eigenvalue weighted by atomic mass is 35.5. The molecule has 1 atom stereocenters. The quantitative estimate of drug-likeness (QED) is 0.859. The Hall–Kier alpha value is -0.610. The average molecular weight is 273 g/mol. The fraction of sp³-hybridized carbons (Fsp3) is 0.667. The molecule has 1 amide bonds. The minimum absolute atomic E-state index is 0.108. The zero-order chi connectivity index (χ0) is 12.3. The Morgan fingerprint density at radius 3 is 2.82 bits per heavy atom. The maximum atomic E-state index is 11.9. The summed E-state index contributed by atoms with van der Waals surface area (Å²) >= 11 is 7.64. The van der Waals surface area contributed by atoms with Gasteiger partial charge in [-0.05, 0) is 19.8 Å². The van der Waals surface area contributed by atoms with E-state index in [4.69, 9.17) is 11.6 Å². The van der Waals surface area contributed by atoms with Crippen LogP contribution in [0.25, 0.3) is 0 Å². The van der Waals surface area contributed by atoms with Gasteiger partial charge in [0.05, 0.1) is 10.7 Å². The number of rotatable bonds is 3. The van der Waals surface area contributed by atoms with E-state index in [-0.39, 0.29) is 5.91 Å². The highest BCUT2D eigenvalue weighted by molar-refractivity contribution is 7.09. The number of hydrogen-bond acceptors (Lipinski definition) is 3. The van der Waals surface area contributed by atoms with Crippen molar-refractivity contribution in [1.82, 2.24) is 10.3 Å². The van der Waals surface area contributed by atoms with Crippen molar-refractivity contribution in [2.45, 2.75) is 50.4 Å². The van der Waals surface area contributed by atoms with Crippen LogP contribution in [0.4, 0.5) is 0 Å². The third-order valence-electron chi connectivity index (χ3n) is 3.08. The summed E-state index contributed by atoms with van der Waals surface area (Å²) in [6.45, 7) is 1.91. The fourth-order valence-electron chi connectivity index (χ4n) is 2.15. The second-order valence-electron chi connectivity index (χ2n) is 4.50. The molecule has 1 unspecified atom stereocenters. The molecule has 0 spiro atoms. The standard InChI is InChI=1S/C12H17ClN2OS/c1-8-14-10(7-17-8)11(13)12(16)15-9-5-3-2-4-6-9/h7,9,11H,2-6H2,1H3,(H,15,16). The van der Waals surface area contributed by atoms with Crippen LogP contribution in [0.15, 0.2) is 5.38 Å². The van der Waals surface area contributed by atoms with Crippen LogP contribution in [-0.2, 0) is 4.79 Å². The lowest BCUT2D eigenvalue weighted by molar-refractivity contribution is -0.121.